The van der Waals surface area contributed by atoms with Gasteiger partial charge in [-0.1, -0.05) is 12.1 Å². The summed E-state index contributed by atoms with van der Waals surface area (Å²) in [6.45, 7) is 0. The zero-order valence-electron chi connectivity index (χ0n) is 21.7. The lowest BCUT2D eigenvalue weighted by Gasteiger charge is -2.19. The number of rotatable bonds is 7. The van der Waals surface area contributed by atoms with E-state index in [0.717, 1.165) is 36.4 Å². The summed E-state index contributed by atoms with van der Waals surface area (Å²) in [6.07, 6.45) is -0.921. The Balaban J connectivity index is 1.78. The topological polar surface area (TPSA) is 260 Å². The van der Waals surface area contributed by atoms with Crippen molar-refractivity contribution in [3.8, 4) is 28.2 Å². The Labute approximate surface area is 245 Å². The molecule has 1 fully saturated rings. The predicted octanol–water partition coefficient (Wildman–Crippen LogP) is 1.61. The van der Waals surface area contributed by atoms with Gasteiger partial charge in [-0.25, -0.2) is 9.59 Å². The van der Waals surface area contributed by atoms with Gasteiger partial charge in [0.15, 0.2) is 21.1 Å². The minimum absolute atomic E-state index is 0.0150. The summed E-state index contributed by atoms with van der Waals surface area (Å²) in [5.41, 5.74) is -3.55. The monoisotopic (exact) mass is 647 g/mol. The molecule has 1 saturated heterocycles. The molecule has 0 spiro atoms. The molecule has 0 bridgehead atoms. The number of aromatic hydroxyl groups is 1. The van der Waals surface area contributed by atoms with Crippen LogP contribution in [0.1, 0.15) is 28.8 Å². The number of imide groups is 1. The molecule has 5 rings (SSSR count). The lowest BCUT2D eigenvalue weighted by atomic mass is 9.89. The smallest absolute Gasteiger partial charge is 0.337 e. The quantitative estimate of drug-likeness (QED) is 0.126. The lowest BCUT2D eigenvalue weighted by molar-refractivity contribution is -0.197. The fraction of sp³-hybridized carbons (Fsp3) is 0.115. The highest BCUT2D eigenvalue weighted by Gasteiger charge is 2.34. The number of phenolic OH excluding ortho intramolecular Hbond substituents is 1. The first-order valence-electron chi connectivity index (χ1n) is 12.1. The highest BCUT2D eigenvalue weighted by atomic mass is 32.2. The van der Waals surface area contributed by atoms with E-state index in [-0.39, 0.29) is 40.5 Å². The number of nitrogens with zero attached hydrogens (tertiary/aromatic N) is 1. The standard InChI is InChI=1S/C26H17NO15S2/c28-16-5-3-13-21(14-4-6-17(29)25(44(38,39)40)23(14)41-22(13)24(16)43(35,36)37)12-2-1-11(9-15(12)26(33)34)10-20(32)42-27-18(30)7-8-19(27)31/h1-6,9,28H,7-8,10H2,(H,33,34)(H,35,36,37)(H,38,39,40). The number of carboxylic acid groups (broad SMARTS) is 1. The third-order valence-electron chi connectivity index (χ3n) is 6.56. The van der Waals surface area contributed by atoms with Crippen LogP contribution in [-0.4, -0.2) is 65.0 Å². The molecular formula is C26H17NO15S2. The Hall–Kier alpha value is -5.17. The minimum Gasteiger partial charge on any atom is -0.506 e. The van der Waals surface area contributed by atoms with Gasteiger partial charge in [-0.15, -0.1) is 5.06 Å². The lowest BCUT2D eigenvalue weighted by Crippen LogP contribution is -2.32. The summed E-state index contributed by atoms with van der Waals surface area (Å²) < 4.78 is 73.8. The molecule has 2 heterocycles. The molecule has 0 atom stereocenters. The molecule has 1 aliphatic carbocycles. The number of carboxylic acids is 1. The normalized spacial score (nSPS) is 14.0. The highest BCUT2D eigenvalue weighted by molar-refractivity contribution is 7.86. The van der Waals surface area contributed by atoms with Crippen LogP contribution in [0.5, 0.6) is 5.75 Å². The summed E-state index contributed by atoms with van der Waals surface area (Å²) in [6, 6.07) is 7.02. The van der Waals surface area contributed by atoms with Crippen molar-refractivity contribution in [3.63, 3.8) is 0 Å². The second-order valence-corrected chi connectivity index (χ2v) is 12.1. The van der Waals surface area contributed by atoms with Crippen molar-refractivity contribution in [2.45, 2.75) is 29.1 Å². The average Bonchev–Trinajstić information content (AvgIpc) is 3.22. The molecule has 3 aliphatic rings. The summed E-state index contributed by atoms with van der Waals surface area (Å²) in [7, 11) is -10.7. The summed E-state index contributed by atoms with van der Waals surface area (Å²) in [4.78, 5) is 63.1. The van der Waals surface area contributed by atoms with Crippen molar-refractivity contribution in [2.24, 2.45) is 0 Å². The van der Waals surface area contributed by atoms with Crippen molar-refractivity contribution in [2.75, 3.05) is 0 Å². The number of phenols is 1. The van der Waals surface area contributed by atoms with Gasteiger partial charge in [-0.05, 0) is 41.5 Å². The van der Waals surface area contributed by atoms with Gasteiger partial charge < -0.3 is 19.5 Å². The molecule has 44 heavy (non-hydrogen) atoms. The zero-order valence-corrected chi connectivity index (χ0v) is 23.3. The molecule has 228 valence electrons. The molecule has 2 aromatic rings. The van der Waals surface area contributed by atoms with Gasteiger partial charge in [-0.2, -0.15) is 16.8 Å². The summed E-state index contributed by atoms with van der Waals surface area (Å²) in [5, 5.41) is 20.4. The molecule has 4 N–H and O–H groups in total. The molecule has 0 unspecified atom stereocenters. The van der Waals surface area contributed by atoms with E-state index in [1.165, 1.54) is 6.07 Å². The fourth-order valence-corrected chi connectivity index (χ4v) is 6.21. The van der Waals surface area contributed by atoms with Crippen molar-refractivity contribution >= 4 is 55.0 Å². The van der Waals surface area contributed by atoms with Crippen molar-refractivity contribution in [1.82, 2.24) is 5.06 Å². The van der Waals surface area contributed by atoms with E-state index in [0.29, 0.717) is 5.06 Å². The fourth-order valence-electron chi connectivity index (χ4n) is 4.78. The SMILES string of the molecule is O=C(Cc1ccc(-c2c3ccc(=O)c(S(=O)(=O)O)c-3oc3c(S(=O)(=O)O)c(O)ccc23)c(C(=O)O)c1)ON1C(=O)CCC1=O. The Morgan fingerprint density at radius 3 is 2.07 bits per heavy atom. The number of carbonyl (C=O) groups is 4. The molecular weight excluding hydrogens is 630 g/mol. The first-order valence-corrected chi connectivity index (χ1v) is 15.0. The van der Waals surface area contributed by atoms with Gasteiger partial charge in [0.05, 0.1) is 12.0 Å². The number of hydroxylamine groups is 2. The molecule has 0 radical (unpaired) electrons. The maximum Gasteiger partial charge on any atom is 0.337 e. The number of hydrogen-bond acceptors (Lipinski definition) is 12. The molecule has 18 heteroatoms. The number of hydrogen-bond donors (Lipinski definition) is 4. The zero-order chi connectivity index (χ0) is 32.3. The minimum atomic E-state index is -5.35. The summed E-state index contributed by atoms with van der Waals surface area (Å²) in [5.74, 6) is -6.14. The number of benzene rings is 3. The molecule has 2 aromatic carbocycles. The molecule has 2 aliphatic heterocycles. The van der Waals surface area contributed by atoms with E-state index in [9.17, 15) is 60.1 Å². The van der Waals surface area contributed by atoms with Crippen LogP contribution in [-0.2, 0) is 45.9 Å². The first kappa shape index (κ1) is 30.3. The average molecular weight is 648 g/mol. The Kier molecular flexibility index (Phi) is 7.25. The van der Waals surface area contributed by atoms with Crippen LogP contribution in [0.2, 0.25) is 0 Å². The van der Waals surface area contributed by atoms with Crippen LogP contribution in [0.4, 0.5) is 0 Å². The second kappa shape index (κ2) is 10.5. The van der Waals surface area contributed by atoms with E-state index >= 15 is 0 Å². The van der Waals surface area contributed by atoms with Gasteiger partial charge in [-0.3, -0.25) is 23.5 Å². The third-order valence-corrected chi connectivity index (χ3v) is 8.37. The molecule has 0 saturated carbocycles. The van der Waals surface area contributed by atoms with Crippen molar-refractivity contribution in [1.29, 1.82) is 0 Å². The van der Waals surface area contributed by atoms with Crippen LogP contribution in [0.25, 0.3) is 33.4 Å². The number of carbonyl (C=O) groups excluding carboxylic acids is 3. The van der Waals surface area contributed by atoms with Crippen LogP contribution < -0.4 is 5.43 Å². The maximum absolute atomic E-state index is 12.5. The second-order valence-electron chi connectivity index (χ2n) is 9.39. The highest BCUT2D eigenvalue weighted by Crippen LogP contribution is 2.46. The van der Waals surface area contributed by atoms with Crippen molar-refractivity contribution in [3.05, 3.63) is 63.8 Å². The first-order chi connectivity index (χ1) is 20.5. The largest absolute Gasteiger partial charge is 0.506 e. The number of aromatic carboxylic acids is 1. The maximum atomic E-state index is 12.5. The van der Waals surface area contributed by atoms with Crippen LogP contribution in [0.3, 0.4) is 0 Å². The van der Waals surface area contributed by atoms with E-state index in [1.54, 1.807) is 0 Å². The van der Waals surface area contributed by atoms with E-state index in [2.05, 4.69) is 0 Å². The number of fused-ring (bicyclic) bond motifs is 2. The van der Waals surface area contributed by atoms with Crippen molar-refractivity contribution < 1.29 is 64.6 Å². The van der Waals surface area contributed by atoms with Gasteiger partial charge in [0.2, 0.25) is 5.43 Å². The van der Waals surface area contributed by atoms with Crippen LogP contribution >= 0.6 is 0 Å². The van der Waals surface area contributed by atoms with Crippen LogP contribution in [0, 0.1) is 0 Å². The van der Waals surface area contributed by atoms with E-state index in [1.807, 2.05) is 0 Å². The predicted molar refractivity (Wildman–Crippen MR) is 144 cm³/mol. The van der Waals surface area contributed by atoms with Gasteiger partial charge in [0, 0.05) is 29.4 Å². The summed E-state index contributed by atoms with van der Waals surface area (Å²) >= 11 is 0. The Morgan fingerprint density at radius 2 is 1.48 bits per heavy atom. The van der Waals surface area contributed by atoms with E-state index in [4.69, 9.17) is 9.25 Å². The van der Waals surface area contributed by atoms with E-state index < -0.39 is 88.3 Å². The van der Waals surface area contributed by atoms with Crippen LogP contribution in [0.15, 0.2) is 61.5 Å². The number of amides is 2. The Bertz CT molecular complexity index is 2180. The molecule has 2 amide bonds. The molecule has 16 nitrogen and oxygen atoms in total. The van der Waals surface area contributed by atoms with Gasteiger partial charge >= 0.3 is 32.2 Å². The Morgan fingerprint density at radius 1 is 0.864 bits per heavy atom. The third kappa shape index (κ3) is 5.26. The van der Waals surface area contributed by atoms with Gasteiger partial charge in [0.1, 0.15) is 5.75 Å². The van der Waals surface area contributed by atoms with Gasteiger partial charge in [0.25, 0.3) is 11.8 Å². The molecule has 0 aromatic heterocycles.